The molecule has 27 heavy (non-hydrogen) atoms. The van der Waals surface area contributed by atoms with E-state index in [1.807, 2.05) is 0 Å². The Morgan fingerprint density at radius 1 is 1.04 bits per heavy atom. The van der Waals surface area contributed by atoms with E-state index in [0.717, 1.165) is 12.3 Å². The van der Waals surface area contributed by atoms with Gasteiger partial charge < -0.3 is 0 Å². The Bertz CT molecular complexity index is 633. The van der Waals surface area contributed by atoms with Crippen LogP contribution < -0.4 is 0 Å². The fraction of sp³-hybridized carbons (Fsp3) is 0.792. The van der Waals surface area contributed by atoms with Crippen molar-refractivity contribution in [3.63, 3.8) is 0 Å². The van der Waals surface area contributed by atoms with Gasteiger partial charge in [0, 0.05) is 11.7 Å². The lowest BCUT2D eigenvalue weighted by atomic mass is 9.85. The van der Waals surface area contributed by atoms with Crippen LogP contribution in [0.15, 0.2) is 24.0 Å². The van der Waals surface area contributed by atoms with Gasteiger partial charge in [0.05, 0.1) is 12.2 Å². The largest absolute Gasteiger partial charge is 0.298 e. The predicted molar refractivity (Wildman–Crippen MR) is 115 cm³/mol. The molecule has 152 valence electrons. The van der Waals surface area contributed by atoms with Crippen molar-refractivity contribution >= 4 is 0 Å². The molecule has 0 amide bonds. The number of rotatable bonds is 4. The van der Waals surface area contributed by atoms with Crippen molar-refractivity contribution in [1.29, 1.82) is 0 Å². The van der Waals surface area contributed by atoms with Crippen LogP contribution in [-0.4, -0.2) is 33.3 Å². The summed E-state index contributed by atoms with van der Waals surface area (Å²) in [6.07, 6.45) is 16.0. The van der Waals surface area contributed by atoms with Crippen LogP contribution in [0.5, 0.6) is 0 Å². The highest BCUT2D eigenvalue weighted by Gasteiger charge is 2.27. The molecule has 1 aromatic heterocycles. The van der Waals surface area contributed by atoms with E-state index in [0.29, 0.717) is 11.6 Å². The van der Waals surface area contributed by atoms with E-state index >= 15 is 0 Å². The second-order valence-corrected chi connectivity index (χ2v) is 10.9. The van der Waals surface area contributed by atoms with E-state index in [1.165, 1.54) is 57.2 Å². The fourth-order valence-corrected chi connectivity index (χ4v) is 4.55. The van der Waals surface area contributed by atoms with Crippen molar-refractivity contribution in [2.75, 3.05) is 13.1 Å². The molecule has 1 unspecified atom stereocenters. The van der Waals surface area contributed by atoms with Gasteiger partial charge in [0.1, 0.15) is 0 Å². The lowest BCUT2D eigenvalue weighted by Crippen LogP contribution is -2.46. The van der Waals surface area contributed by atoms with Crippen LogP contribution >= 0.6 is 0 Å². The number of hydrogen-bond acceptors (Lipinski definition) is 2. The average Bonchev–Trinajstić information content (AvgIpc) is 3.10. The van der Waals surface area contributed by atoms with Crippen molar-refractivity contribution in [2.24, 2.45) is 5.92 Å². The van der Waals surface area contributed by atoms with E-state index in [2.05, 4.69) is 74.7 Å². The molecule has 0 bridgehead atoms. The first-order valence-corrected chi connectivity index (χ1v) is 11.1. The van der Waals surface area contributed by atoms with Gasteiger partial charge in [0.25, 0.3) is 0 Å². The molecule has 1 aromatic rings. The molecule has 3 heteroatoms. The lowest BCUT2D eigenvalue weighted by Gasteiger charge is -2.41. The summed E-state index contributed by atoms with van der Waals surface area (Å²) in [6.45, 7) is 16.4. The topological polar surface area (TPSA) is 21.1 Å². The van der Waals surface area contributed by atoms with Gasteiger partial charge in [0.2, 0.25) is 0 Å². The Hall–Kier alpha value is -1.09. The molecular formula is C24H41N3. The van der Waals surface area contributed by atoms with Crippen molar-refractivity contribution in [3.8, 4) is 0 Å². The number of hydrogen-bond donors (Lipinski definition) is 0. The van der Waals surface area contributed by atoms with E-state index in [4.69, 9.17) is 0 Å². The molecule has 3 rings (SSSR count). The number of nitrogens with zero attached hydrogens (tertiary/aromatic N) is 3. The van der Waals surface area contributed by atoms with Gasteiger partial charge in [-0.3, -0.25) is 9.58 Å². The maximum atomic E-state index is 4.66. The van der Waals surface area contributed by atoms with Crippen LogP contribution in [0.3, 0.4) is 0 Å². The highest BCUT2D eigenvalue weighted by atomic mass is 15.3. The Balaban J connectivity index is 1.44. The lowest BCUT2D eigenvalue weighted by molar-refractivity contribution is 0.0854. The molecule has 0 radical (unpaired) electrons. The van der Waals surface area contributed by atoms with Crippen LogP contribution in [0.25, 0.3) is 0 Å². The molecule has 2 heterocycles. The van der Waals surface area contributed by atoms with Crippen molar-refractivity contribution in [1.82, 2.24) is 14.7 Å². The van der Waals surface area contributed by atoms with Crippen molar-refractivity contribution < 1.29 is 0 Å². The Morgan fingerprint density at radius 3 is 2.26 bits per heavy atom. The molecule has 1 aliphatic heterocycles. The number of likely N-dealkylation sites (tertiary alicyclic amines) is 1. The molecule has 3 nitrogen and oxygen atoms in total. The van der Waals surface area contributed by atoms with Crippen LogP contribution in [0.1, 0.15) is 98.1 Å². The summed E-state index contributed by atoms with van der Waals surface area (Å²) in [5.41, 5.74) is 3.58. The highest BCUT2D eigenvalue weighted by molar-refractivity contribution is 5.16. The number of piperidine rings is 1. The Morgan fingerprint density at radius 2 is 1.74 bits per heavy atom. The minimum absolute atomic E-state index is 0.191. The second kappa shape index (κ2) is 8.11. The molecule has 1 saturated heterocycles. The summed E-state index contributed by atoms with van der Waals surface area (Å²) in [5.74, 6) is 0.933. The third-order valence-corrected chi connectivity index (χ3v) is 6.76. The third-order valence-electron chi connectivity index (χ3n) is 6.76. The van der Waals surface area contributed by atoms with Gasteiger partial charge in [-0.15, -0.1) is 0 Å². The zero-order chi connectivity index (χ0) is 19.7. The molecule has 0 N–H and O–H groups in total. The fourth-order valence-electron chi connectivity index (χ4n) is 4.55. The van der Waals surface area contributed by atoms with Gasteiger partial charge in [-0.05, 0) is 95.7 Å². The summed E-state index contributed by atoms with van der Waals surface area (Å²) >= 11 is 0. The van der Waals surface area contributed by atoms with Crippen LogP contribution in [0.2, 0.25) is 0 Å². The maximum Gasteiger partial charge on any atom is 0.0556 e. The Kier molecular flexibility index (Phi) is 6.20. The van der Waals surface area contributed by atoms with E-state index < -0.39 is 0 Å². The summed E-state index contributed by atoms with van der Waals surface area (Å²) in [7, 11) is 0. The van der Waals surface area contributed by atoms with Crippen LogP contribution in [-0.2, 0) is 5.41 Å². The zero-order valence-corrected chi connectivity index (χ0v) is 18.6. The molecule has 0 aromatic carbocycles. The standard InChI is InChI=1S/C24H41N3/c1-23(2,3)21-17-25-27(18-21)22-11-9-19(10-12-22)7-8-20-13-15-26(16-14-20)24(4,5)6/h9,17-18,20,22H,7-8,10-16H2,1-6H3. The predicted octanol–water partition coefficient (Wildman–Crippen LogP) is 6.12. The molecule has 0 saturated carbocycles. The first kappa shape index (κ1) is 20.6. The van der Waals surface area contributed by atoms with Crippen LogP contribution in [0.4, 0.5) is 0 Å². The van der Waals surface area contributed by atoms with Gasteiger partial charge in [-0.25, -0.2) is 0 Å². The molecular weight excluding hydrogens is 330 g/mol. The minimum atomic E-state index is 0.191. The first-order valence-electron chi connectivity index (χ1n) is 11.1. The quantitative estimate of drug-likeness (QED) is 0.594. The van der Waals surface area contributed by atoms with E-state index in [-0.39, 0.29) is 5.41 Å². The van der Waals surface area contributed by atoms with E-state index in [1.54, 1.807) is 5.57 Å². The molecule has 1 atom stereocenters. The third kappa shape index (κ3) is 5.47. The van der Waals surface area contributed by atoms with Crippen LogP contribution in [0, 0.1) is 5.92 Å². The highest BCUT2D eigenvalue weighted by Crippen LogP contribution is 2.33. The summed E-state index contributed by atoms with van der Waals surface area (Å²) in [5, 5.41) is 4.66. The molecule has 0 spiro atoms. The zero-order valence-electron chi connectivity index (χ0n) is 18.6. The van der Waals surface area contributed by atoms with Gasteiger partial charge >= 0.3 is 0 Å². The minimum Gasteiger partial charge on any atom is -0.298 e. The van der Waals surface area contributed by atoms with Crippen molar-refractivity contribution in [3.05, 3.63) is 29.6 Å². The summed E-state index contributed by atoms with van der Waals surface area (Å²) < 4.78 is 2.22. The summed E-state index contributed by atoms with van der Waals surface area (Å²) in [4.78, 5) is 2.66. The normalized spacial score (nSPS) is 23.5. The SMILES string of the molecule is CC(C)(C)c1cnn(C2CC=C(CCC3CCN(C(C)(C)C)CC3)CC2)c1. The molecule has 1 fully saturated rings. The van der Waals surface area contributed by atoms with Gasteiger partial charge in [-0.1, -0.05) is 32.4 Å². The first-order chi connectivity index (χ1) is 12.6. The Labute approximate surface area is 167 Å². The number of allylic oxidation sites excluding steroid dienone is 2. The van der Waals surface area contributed by atoms with Gasteiger partial charge in [0.15, 0.2) is 0 Å². The second-order valence-electron chi connectivity index (χ2n) is 10.9. The molecule has 2 aliphatic rings. The monoisotopic (exact) mass is 371 g/mol. The average molecular weight is 372 g/mol. The van der Waals surface area contributed by atoms with Crippen molar-refractivity contribution in [2.45, 2.75) is 103 Å². The van der Waals surface area contributed by atoms with E-state index in [9.17, 15) is 0 Å². The summed E-state index contributed by atoms with van der Waals surface area (Å²) in [6, 6.07) is 0.555. The van der Waals surface area contributed by atoms with Gasteiger partial charge in [-0.2, -0.15) is 5.10 Å². The maximum absolute atomic E-state index is 4.66. The molecule has 1 aliphatic carbocycles. The number of aromatic nitrogens is 2. The smallest absolute Gasteiger partial charge is 0.0556 e.